The van der Waals surface area contributed by atoms with Crippen molar-refractivity contribution in [2.24, 2.45) is 0 Å². The molecule has 1 amide bonds. The van der Waals surface area contributed by atoms with E-state index in [2.05, 4.69) is 24.1 Å². The summed E-state index contributed by atoms with van der Waals surface area (Å²) in [4.78, 5) is 19.8. The summed E-state index contributed by atoms with van der Waals surface area (Å²) in [6.45, 7) is 4.19. The number of rotatable bonds is 5. The van der Waals surface area contributed by atoms with Gasteiger partial charge in [0.05, 0.1) is 11.3 Å². The van der Waals surface area contributed by atoms with E-state index in [1.165, 1.54) is 0 Å². The Morgan fingerprint density at radius 3 is 2.56 bits per heavy atom. The van der Waals surface area contributed by atoms with Gasteiger partial charge in [0, 0.05) is 41.4 Å². The van der Waals surface area contributed by atoms with Crippen LogP contribution in [0.1, 0.15) is 42.4 Å². The first kappa shape index (κ1) is 20.0. The molecule has 0 spiro atoms. The van der Waals surface area contributed by atoms with Gasteiger partial charge < -0.3 is 10.2 Å². The number of nitrogens with one attached hydrogen (secondary N) is 1. The summed E-state index contributed by atoms with van der Waals surface area (Å²) in [6, 6.07) is 21.7. The van der Waals surface area contributed by atoms with E-state index in [-0.39, 0.29) is 18.1 Å². The van der Waals surface area contributed by atoms with E-state index in [1.807, 2.05) is 88.7 Å². The van der Waals surface area contributed by atoms with Gasteiger partial charge in [0.15, 0.2) is 0 Å². The van der Waals surface area contributed by atoms with Gasteiger partial charge in [0.25, 0.3) is 5.91 Å². The number of hydrogen-bond donors (Lipinski definition) is 1. The summed E-state index contributed by atoms with van der Waals surface area (Å²) in [5.74, 6) is 0.0308. The first-order valence-electron chi connectivity index (χ1n) is 10.9. The van der Waals surface area contributed by atoms with Crippen LogP contribution in [0, 0.1) is 0 Å². The van der Waals surface area contributed by atoms with Crippen LogP contribution in [-0.4, -0.2) is 31.6 Å². The largest absolute Gasteiger partial charge is 0.361 e. The Morgan fingerprint density at radius 2 is 1.81 bits per heavy atom. The molecule has 4 aromatic rings. The summed E-state index contributed by atoms with van der Waals surface area (Å²) in [5.41, 5.74) is 5.15. The number of benzene rings is 2. The number of carbonyl (C=O) groups is 1. The van der Waals surface area contributed by atoms with Crippen molar-refractivity contribution >= 4 is 11.6 Å². The van der Waals surface area contributed by atoms with Crippen LogP contribution in [0.5, 0.6) is 0 Å². The Morgan fingerprint density at radius 1 is 1.03 bits per heavy atom. The number of aromatic nitrogens is 3. The lowest BCUT2D eigenvalue weighted by Crippen LogP contribution is -2.47. The maximum Gasteiger partial charge on any atom is 0.258 e. The van der Waals surface area contributed by atoms with Gasteiger partial charge >= 0.3 is 0 Å². The second kappa shape index (κ2) is 8.30. The van der Waals surface area contributed by atoms with E-state index in [4.69, 9.17) is 5.10 Å². The van der Waals surface area contributed by atoms with Crippen LogP contribution in [0.3, 0.4) is 0 Å². The number of amides is 1. The lowest BCUT2D eigenvalue weighted by molar-refractivity contribution is 0.0594. The fraction of sp³-hybridized carbons (Fsp3) is 0.192. The second-order valence-electron chi connectivity index (χ2n) is 8.02. The molecule has 0 fully saturated rings. The van der Waals surface area contributed by atoms with Gasteiger partial charge in [-0.3, -0.25) is 9.78 Å². The Labute approximate surface area is 187 Å². The van der Waals surface area contributed by atoms with Gasteiger partial charge in [0.2, 0.25) is 0 Å². The van der Waals surface area contributed by atoms with Crippen LogP contribution in [0.2, 0.25) is 0 Å². The van der Waals surface area contributed by atoms with E-state index in [9.17, 15) is 4.79 Å². The van der Waals surface area contributed by atoms with Crippen molar-refractivity contribution in [1.82, 2.24) is 19.7 Å². The normalized spacial score (nSPS) is 16.4. The Bertz CT molecular complexity index is 1240. The number of nitrogens with zero attached hydrogens (tertiary/aromatic N) is 4. The standard InChI is InChI=1S/C26H25N5O/c1-3-18(2)31-25(28-23-14-8-7-13-21(23)26(31)32)22-17-30(20-11-5-4-6-12-20)29-24(22)19-10-9-15-27-16-19/h4-18,25,28H,3H2,1-2H3/t18-,25-/m0/s1. The Hall–Kier alpha value is -3.93. The Kier molecular flexibility index (Phi) is 5.19. The highest BCUT2D eigenvalue weighted by molar-refractivity contribution is 6.02. The van der Waals surface area contributed by atoms with Crippen molar-refractivity contribution in [3.05, 3.63) is 96.4 Å². The van der Waals surface area contributed by atoms with Crippen molar-refractivity contribution in [1.29, 1.82) is 0 Å². The monoisotopic (exact) mass is 423 g/mol. The molecule has 1 aliphatic rings. The zero-order valence-electron chi connectivity index (χ0n) is 18.1. The zero-order chi connectivity index (χ0) is 22.1. The average Bonchev–Trinajstić information content (AvgIpc) is 3.30. The number of pyridine rings is 1. The molecule has 1 N–H and O–H groups in total. The summed E-state index contributed by atoms with van der Waals surface area (Å²) < 4.78 is 1.87. The lowest BCUT2D eigenvalue weighted by Gasteiger charge is -2.41. The lowest BCUT2D eigenvalue weighted by atomic mass is 9.99. The molecule has 0 aliphatic carbocycles. The van der Waals surface area contributed by atoms with E-state index in [0.29, 0.717) is 5.56 Å². The molecule has 6 nitrogen and oxygen atoms in total. The molecule has 32 heavy (non-hydrogen) atoms. The molecule has 160 valence electrons. The molecule has 0 saturated carbocycles. The summed E-state index contributed by atoms with van der Waals surface area (Å²) in [6.07, 6.45) is 6.09. The van der Waals surface area contributed by atoms with Gasteiger partial charge in [-0.25, -0.2) is 4.68 Å². The molecule has 0 unspecified atom stereocenters. The highest BCUT2D eigenvalue weighted by atomic mass is 16.2. The maximum atomic E-state index is 13.6. The molecule has 2 aromatic heterocycles. The third kappa shape index (κ3) is 3.43. The minimum atomic E-state index is -0.347. The van der Waals surface area contributed by atoms with Crippen molar-refractivity contribution in [2.75, 3.05) is 5.32 Å². The van der Waals surface area contributed by atoms with Gasteiger partial charge in [-0.15, -0.1) is 0 Å². The van der Waals surface area contributed by atoms with Crippen molar-refractivity contribution in [2.45, 2.75) is 32.5 Å². The van der Waals surface area contributed by atoms with E-state index >= 15 is 0 Å². The molecule has 5 rings (SSSR count). The zero-order valence-corrected chi connectivity index (χ0v) is 18.1. The van der Waals surface area contributed by atoms with Crippen molar-refractivity contribution < 1.29 is 4.79 Å². The predicted octanol–water partition coefficient (Wildman–Crippen LogP) is 5.30. The molecule has 1 aliphatic heterocycles. The molecule has 0 radical (unpaired) electrons. The van der Waals surface area contributed by atoms with Crippen LogP contribution in [-0.2, 0) is 0 Å². The van der Waals surface area contributed by atoms with Crippen LogP contribution in [0.25, 0.3) is 16.9 Å². The molecule has 2 atom stereocenters. The summed E-state index contributed by atoms with van der Waals surface area (Å²) in [7, 11) is 0. The quantitative estimate of drug-likeness (QED) is 0.473. The third-order valence-electron chi connectivity index (χ3n) is 6.02. The fourth-order valence-corrected chi connectivity index (χ4v) is 4.18. The second-order valence-corrected chi connectivity index (χ2v) is 8.02. The number of fused-ring (bicyclic) bond motifs is 1. The maximum absolute atomic E-state index is 13.6. The fourth-order valence-electron chi connectivity index (χ4n) is 4.18. The smallest absolute Gasteiger partial charge is 0.258 e. The molecular formula is C26H25N5O. The number of hydrogen-bond acceptors (Lipinski definition) is 4. The van der Waals surface area contributed by atoms with Crippen LogP contribution in [0.4, 0.5) is 5.69 Å². The van der Waals surface area contributed by atoms with Gasteiger partial charge in [-0.2, -0.15) is 5.10 Å². The first-order valence-corrected chi connectivity index (χ1v) is 10.9. The van der Waals surface area contributed by atoms with Gasteiger partial charge in [0.1, 0.15) is 11.9 Å². The topological polar surface area (TPSA) is 63.1 Å². The first-order chi connectivity index (χ1) is 15.7. The van der Waals surface area contributed by atoms with Crippen LogP contribution < -0.4 is 5.32 Å². The third-order valence-corrected chi connectivity index (χ3v) is 6.02. The average molecular weight is 424 g/mol. The van der Waals surface area contributed by atoms with Crippen molar-refractivity contribution in [3.63, 3.8) is 0 Å². The SMILES string of the molecule is CC[C@H](C)N1C(=O)c2ccccc2N[C@@H]1c1cn(-c2ccccc2)nc1-c1cccnc1. The van der Waals surface area contributed by atoms with Gasteiger partial charge in [-0.05, 0) is 49.7 Å². The van der Waals surface area contributed by atoms with E-state index < -0.39 is 0 Å². The molecule has 2 aromatic carbocycles. The minimum Gasteiger partial charge on any atom is -0.361 e. The Balaban J connectivity index is 1.70. The highest BCUT2D eigenvalue weighted by Gasteiger charge is 2.37. The van der Waals surface area contributed by atoms with Crippen LogP contribution >= 0.6 is 0 Å². The molecule has 3 heterocycles. The number of carbonyl (C=O) groups excluding carboxylic acids is 1. The van der Waals surface area contributed by atoms with Gasteiger partial charge in [-0.1, -0.05) is 37.3 Å². The van der Waals surface area contributed by atoms with E-state index in [0.717, 1.165) is 34.6 Å². The predicted molar refractivity (Wildman–Crippen MR) is 126 cm³/mol. The summed E-state index contributed by atoms with van der Waals surface area (Å²) in [5, 5.41) is 8.54. The van der Waals surface area contributed by atoms with E-state index in [1.54, 1.807) is 6.20 Å². The number of anilines is 1. The van der Waals surface area contributed by atoms with Crippen molar-refractivity contribution in [3.8, 4) is 16.9 Å². The molecular weight excluding hydrogens is 398 g/mol. The number of para-hydroxylation sites is 2. The highest BCUT2D eigenvalue weighted by Crippen LogP contribution is 2.38. The van der Waals surface area contributed by atoms with Crippen LogP contribution in [0.15, 0.2) is 85.3 Å². The summed E-state index contributed by atoms with van der Waals surface area (Å²) >= 11 is 0. The molecule has 6 heteroatoms. The molecule has 0 saturated heterocycles. The molecule has 0 bridgehead atoms. The minimum absolute atomic E-state index is 0.0308.